The Hall–Kier alpha value is -0.520. The average molecular weight is 234 g/mol. The number of allylic oxidation sites excluding steroid dienone is 4. The van der Waals surface area contributed by atoms with E-state index in [9.17, 15) is 0 Å². The molecule has 0 fully saturated rings. The zero-order chi connectivity index (χ0) is 12.5. The van der Waals surface area contributed by atoms with Gasteiger partial charge in [0.15, 0.2) is 0 Å². The molecular formula is C17H30. The normalized spacial score (nSPS) is 32.8. The Bertz CT molecular complexity index is 236. The van der Waals surface area contributed by atoms with Crippen LogP contribution in [0.2, 0.25) is 0 Å². The van der Waals surface area contributed by atoms with Crippen molar-refractivity contribution < 1.29 is 0 Å². The van der Waals surface area contributed by atoms with Gasteiger partial charge in [0.25, 0.3) is 0 Å². The van der Waals surface area contributed by atoms with Crippen LogP contribution in [0.15, 0.2) is 24.3 Å². The third-order valence-electron chi connectivity index (χ3n) is 3.91. The van der Waals surface area contributed by atoms with Crippen LogP contribution in [0.25, 0.3) is 0 Å². The summed E-state index contributed by atoms with van der Waals surface area (Å²) < 4.78 is 0. The van der Waals surface area contributed by atoms with E-state index in [-0.39, 0.29) is 0 Å². The maximum atomic E-state index is 2.54. The highest BCUT2D eigenvalue weighted by Gasteiger charge is 2.17. The highest BCUT2D eigenvalue weighted by molar-refractivity contribution is 5.05. The van der Waals surface area contributed by atoms with Gasteiger partial charge in [-0.2, -0.15) is 0 Å². The summed E-state index contributed by atoms with van der Waals surface area (Å²) in [5, 5.41) is 0. The molecule has 0 amide bonds. The molecule has 1 aliphatic carbocycles. The van der Waals surface area contributed by atoms with E-state index in [1.165, 1.54) is 44.9 Å². The fourth-order valence-electron chi connectivity index (χ4n) is 2.96. The highest BCUT2D eigenvalue weighted by atomic mass is 14.2. The van der Waals surface area contributed by atoms with Crippen LogP contribution in [-0.2, 0) is 0 Å². The first-order chi connectivity index (χ1) is 8.31. The molecule has 0 aromatic heterocycles. The van der Waals surface area contributed by atoms with Gasteiger partial charge in [-0.25, -0.2) is 0 Å². The van der Waals surface area contributed by atoms with Crippen molar-refractivity contribution in [2.24, 2.45) is 17.8 Å². The van der Waals surface area contributed by atoms with Gasteiger partial charge in [-0.3, -0.25) is 0 Å². The van der Waals surface area contributed by atoms with Crippen molar-refractivity contribution in [3.05, 3.63) is 24.3 Å². The molecule has 0 bridgehead atoms. The Kier molecular flexibility index (Phi) is 7.32. The standard InChI is InChI=1S/C17H30/c1-4-8-15-11-7-12-16(9-5-2)17(10-6-3)14-13-15/h7,12-17H,4-6,8-11H2,1-3H3/b12-7-,14-13-. The molecule has 1 rings (SSSR count). The third-order valence-corrected chi connectivity index (χ3v) is 3.91. The summed E-state index contributed by atoms with van der Waals surface area (Å²) in [4.78, 5) is 0. The molecule has 0 nitrogen and oxygen atoms in total. The first-order valence-corrected chi connectivity index (χ1v) is 7.66. The van der Waals surface area contributed by atoms with Gasteiger partial charge in [0.1, 0.15) is 0 Å². The minimum absolute atomic E-state index is 0.788. The van der Waals surface area contributed by atoms with Gasteiger partial charge in [0.05, 0.1) is 0 Å². The van der Waals surface area contributed by atoms with E-state index < -0.39 is 0 Å². The second kappa shape index (κ2) is 8.55. The van der Waals surface area contributed by atoms with E-state index in [1.807, 2.05) is 0 Å². The number of hydrogen-bond donors (Lipinski definition) is 0. The van der Waals surface area contributed by atoms with Crippen molar-refractivity contribution >= 4 is 0 Å². The predicted octanol–water partition coefficient (Wildman–Crippen LogP) is 5.75. The SMILES string of the molecule is CCCC1/C=C\C(CCC)C(CCC)/C=C\C1. The molecule has 0 heterocycles. The number of hydrogen-bond acceptors (Lipinski definition) is 0. The second-order valence-corrected chi connectivity index (χ2v) is 5.50. The average Bonchev–Trinajstić information content (AvgIpc) is 2.31. The summed E-state index contributed by atoms with van der Waals surface area (Å²) in [6, 6.07) is 0. The second-order valence-electron chi connectivity index (χ2n) is 5.50. The van der Waals surface area contributed by atoms with Crippen molar-refractivity contribution in [3.8, 4) is 0 Å². The first-order valence-electron chi connectivity index (χ1n) is 7.66. The smallest absolute Gasteiger partial charge is 0.0171 e. The molecule has 0 heteroatoms. The summed E-state index contributed by atoms with van der Waals surface area (Å²) in [7, 11) is 0. The Morgan fingerprint density at radius 1 is 0.765 bits per heavy atom. The molecule has 0 spiro atoms. The van der Waals surface area contributed by atoms with E-state index in [0.29, 0.717) is 0 Å². The van der Waals surface area contributed by atoms with Crippen LogP contribution in [0.4, 0.5) is 0 Å². The molecule has 98 valence electrons. The first kappa shape index (κ1) is 14.5. The molecule has 0 N–H and O–H groups in total. The van der Waals surface area contributed by atoms with Gasteiger partial charge in [-0.1, -0.05) is 64.3 Å². The summed E-state index contributed by atoms with van der Waals surface area (Å²) in [5.41, 5.74) is 0. The summed E-state index contributed by atoms with van der Waals surface area (Å²) in [6.45, 7) is 6.90. The highest BCUT2D eigenvalue weighted by Crippen LogP contribution is 2.29. The molecule has 0 aromatic rings. The molecule has 0 saturated heterocycles. The zero-order valence-corrected chi connectivity index (χ0v) is 12.0. The fourth-order valence-corrected chi connectivity index (χ4v) is 2.96. The minimum Gasteiger partial charge on any atom is -0.0877 e. The molecule has 0 aromatic carbocycles. The Morgan fingerprint density at radius 3 is 1.94 bits per heavy atom. The lowest BCUT2D eigenvalue weighted by atomic mass is 9.81. The Labute approximate surface area is 108 Å². The predicted molar refractivity (Wildman–Crippen MR) is 78.1 cm³/mol. The van der Waals surface area contributed by atoms with Crippen LogP contribution in [-0.4, -0.2) is 0 Å². The molecule has 17 heavy (non-hydrogen) atoms. The van der Waals surface area contributed by atoms with Crippen molar-refractivity contribution in [1.29, 1.82) is 0 Å². The van der Waals surface area contributed by atoms with E-state index in [2.05, 4.69) is 45.1 Å². The van der Waals surface area contributed by atoms with Gasteiger partial charge in [-0.05, 0) is 43.4 Å². The van der Waals surface area contributed by atoms with E-state index >= 15 is 0 Å². The lowest BCUT2D eigenvalue weighted by Crippen LogP contribution is -2.12. The van der Waals surface area contributed by atoms with Crippen LogP contribution in [0.1, 0.15) is 65.7 Å². The molecule has 0 saturated carbocycles. The van der Waals surface area contributed by atoms with Crippen molar-refractivity contribution in [1.82, 2.24) is 0 Å². The summed E-state index contributed by atoms with van der Waals surface area (Å²) in [6.07, 6.45) is 19.2. The summed E-state index contributed by atoms with van der Waals surface area (Å²) in [5.74, 6) is 2.37. The van der Waals surface area contributed by atoms with Crippen molar-refractivity contribution in [2.75, 3.05) is 0 Å². The summed E-state index contributed by atoms with van der Waals surface area (Å²) >= 11 is 0. The minimum atomic E-state index is 0.788. The van der Waals surface area contributed by atoms with Crippen molar-refractivity contribution in [3.63, 3.8) is 0 Å². The molecule has 3 unspecified atom stereocenters. The maximum absolute atomic E-state index is 2.54. The van der Waals surface area contributed by atoms with Gasteiger partial charge < -0.3 is 0 Å². The molecule has 3 atom stereocenters. The lowest BCUT2D eigenvalue weighted by molar-refractivity contribution is 0.404. The van der Waals surface area contributed by atoms with Crippen molar-refractivity contribution in [2.45, 2.75) is 65.7 Å². The van der Waals surface area contributed by atoms with E-state index in [4.69, 9.17) is 0 Å². The molecule has 0 radical (unpaired) electrons. The maximum Gasteiger partial charge on any atom is -0.0171 e. The van der Waals surface area contributed by atoms with Gasteiger partial charge >= 0.3 is 0 Å². The quantitative estimate of drug-likeness (QED) is 0.513. The van der Waals surface area contributed by atoms with Gasteiger partial charge in [0.2, 0.25) is 0 Å². The monoisotopic (exact) mass is 234 g/mol. The molecule has 0 aliphatic heterocycles. The largest absolute Gasteiger partial charge is 0.0877 e. The van der Waals surface area contributed by atoms with Gasteiger partial charge in [-0.15, -0.1) is 0 Å². The Balaban J connectivity index is 2.67. The fraction of sp³-hybridized carbons (Fsp3) is 0.765. The van der Waals surface area contributed by atoms with Crippen LogP contribution >= 0.6 is 0 Å². The topological polar surface area (TPSA) is 0 Å². The molecule has 1 aliphatic rings. The Morgan fingerprint density at radius 2 is 1.35 bits per heavy atom. The van der Waals surface area contributed by atoms with Crippen LogP contribution < -0.4 is 0 Å². The van der Waals surface area contributed by atoms with Crippen LogP contribution in [0, 0.1) is 17.8 Å². The number of rotatable bonds is 6. The lowest BCUT2D eigenvalue weighted by Gasteiger charge is -2.24. The van der Waals surface area contributed by atoms with E-state index in [0.717, 1.165) is 17.8 Å². The molecular weight excluding hydrogens is 204 g/mol. The van der Waals surface area contributed by atoms with E-state index in [1.54, 1.807) is 0 Å². The van der Waals surface area contributed by atoms with Crippen LogP contribution in [0.3, 0.4) is 0 Å². The third kappa shape index (κ3) is 5.10. The zero-order valence-electron chi connectivity index (χ0n) is 12.0. The van der Waals surface area contributed by atoms with Gasteiger partial charge in [0, 0.05) is 0 Å². The van der Waals surface area contributed by atoms with Crippen LogP contribution in [0.5, 0.6) is 0 Å².